The van der Waals surface area contributed by atoms with Crippen LogP contribution in [0.4, 0.5) is 5.82 Å². The van der Waals surface area contributed by atoms with Crippen molar-refractivity contribution in [3.63, 3.8) is 0 Å². The van der Waals surface area contributed by atoms with Crippen molar-refractivity contribution in [2.75, 3.05) is 18.5 Å². The zero-order chi connectivity index (χ0) is 11.5. The minimum atomic E-state index is 0.0887. The Labute approximate surface area is 100 Å². The van der Waals surface area contributed by atoms with Gasteiger partial charge in [-0.15, -0.1) is 16.7 Å². The maximum Gasteiger partial charge on any atom is 0.158 e. The molecular formula is C12H14ClN3. The lowest BCUT2D eigenvalue weighted by Gasteiger charge is -2.20. The molecule has 1 aromatic heterocycles. The maximum absolute atomic E-state index is 5.98. The van der Waals surface area contributed by atoms with E-state index in [1.807, 2.05) is 37.1 Å². The van der Waals surface area contributed by atoms with Gasteiger partial charge in [0.1, 0.15) is 0 Å². The Morgan fingerprint density at radius 1 is 1.38 bits per heavy atom. The van der Waals surface area contributed by atoms with Gasteiger partial charge < -0.3 is 4.90 Å². The van der Waals surface area contributed by atoms with Crippen molar-refractivity contribution in [3.8, 4) is 0 Å². The molecule has 0 aliphatic carbocycles. The van der Waals surface area contributed by atoms with Crippen molar-refractivity contribution in [1.82, 2.24) is 10.2 Å². The summed E-state index contributed by atoms with van der Waals surface area (Å²) in [5, 5.41) is 10.5. The smallest absolute Gasteiger partial charge is 0.158 e. The standard InChI is InChI=1S/C12H14ClN3/c1-9(13)8-16(2)12-11-6-4-3-5-10(11)7-14-15-12/h3-7,9H,8H2,1-2H3. The molecule has 0 aliphatic heterocycles. The van der Waals surface area contributed by atoms with Crippen molar-refractivity contribution in [3.05, 3.63) is 30.5 Å². The fourth-order valence-corrected chi connectivity index (χ4v) is 1.97. The average Bonchev–Trinajstić information content (AvgIpc) is 2.27. The topological polar surface area (TPSA) is 29.0 Å². The molecule has 2 aromatic rings. The maximum atomic E-state index is 5.98. The predicted octanol–water partition coefficient (Wildman–Crippen LogP) is 2.69. The summed E-state index contributed by atoms with van der Waals surface area (Å²) in [7, 11) is 1.98. The monoisotopic (exact) mass is 235 g/mol. The molecule has 1 unspecified atom stereocenters. The first-order valence-electron chi connectivity index (χ1n) is 5.24. The highest BCUT2D eigenvalue weighted by Gasteiger charge is 2.09. The Balaban J connectivity index is 2.44. The van der Waals surface area contributed by atoms with E-state index in [2.05, 4.69) is 16.3 Å². The van der Waals surface area contributed by atoms with Gasteiger partial charge in [-0.25, -0.2) is 0 Å². The third-order valence-electron chi connectivity index (χ3n) is 2.44. The molecule has 0 amide bonds. The molecule has 0 radical (unpaired) electrons. The van der Waals surface area contributed by atoms with Gasteiger partial charge in [-0.2, -0.15) is 5.10 Å². The molecule has 0 N–H and O–H groups in total. The Bertz CT molecular complexity index is 479. The SMILES string of the molecule is CC(Cl)CN(C)c1nncc2ccccc12. The van der Waals surface area contributed by atoms with E-state index in [0.29, 0.717) is 0 Å². The number of rotatable bonds is 3. The van der Waals surface area contributed by atoms with Gasteiger partial charge in [-0.1, -0.05) is 24.3 Å². The summed E-state index contributed by atoms with van der Waals surface area (Å²) in [5.74, 6) is 0.880. The van der Waals surface area contributed by atoms with Crippen molar-refractivity contribution >= 4 is 28.2 Å². The second kappa shape index (κ2) is 4.66. The van der Waals surface area contributed by atoms with Crippen molar-refractivity contribution in [2.24, 2.45) is 0 Å². The highest BCUT2D eigenvalue weighted by Crippen LogP contribution is 2.22. The van der Waals surface area contributed by atoms with E-state index in [0.717, 1.165) is 23.1 Å². The van der Waals surface area contributed by atoms with E-state index in [1.54, 1.807) is 6.20 Å². The molecule has 0 saturated carbocycles. The first-order valence-corrected chi connectivity index (χ1v) is 5.68. The second-order valence-electron chi connectivity index (χ2n) is 3.92. The third kappa shape index (κ3) is 2.25. The average molecular weight is 236 g/mol. The van der Waals surface area contributed by atoms with Gasteiger partial charge in [0, 0.05) is 29.7 Å². The summed E-state index contributed by atoms with van der Waals surface area (Å²) < 4.78 is 0. The molecule has 1 atom stereocenters. The predicted molar refractivity (Wildman–Crippen MR) is 68.1 cm³/mol. The summed E-state index contributed by atoms with van der Waals surface area (Å²) in [6.07, 6.45) is 1.77. The first-order chi connectivity index (χ1) is 7.68. The van der Waals surface area contributed by atoms with Crippen LogP contribution in [0, 0.1) is 0 Å². The van der Waals surface area contributed by atoms with E-state index in [9.17, 15) is 0 Å². The molecule has 0 aliphatic rings. The normalized spacial score (nSPS) is 12.7. The highest BCUT2D eigenvalue weighted by atomic mass is 35.5. The number of halogens is 1. The number of fused-ring (bicyclic) bond motifs is 1. The van der Waals surface area contributed by atoms with Crippen LogP contribution >= 0.6 is 11.6 Å². The van der Waals surface area contributed by atoms with Crippen molar-refractivity contribution in [2.45, 2.75) is 12.3 Å². The zero-order valence-electron chi connectivity index (χ0n) is 9.39. The zero-order valence-corrected chi connectivity index (χ0v) is 10.1. The molecule has 2 rings (SSSR count). The summed E-state index contributed by atoms with van der Waals surface area (Å²) in [4.78, 5) is 2.03. The van der Waals surface area contributed by atoms with Crippen LogP contribution < -0.4 is 4.90 Å². The van der Waals surface area contributed by atoms with Crippen LogP contribution in [0.15, 0.2) is 30.5 Å². The Kier molecular flexibility index (Phi) is 3.25. The summed E-state index contributed by atoms with van der Waals surface area (Å²) in [6.45, 7) is 2.72. The summed E-state index contributed by atoms with van der Waals surface area (Å²) in [6, 6.07) is 8.09. The molecule has 4 heteroatoms. The Hall–Kier alpha value is -1.35. The van der Waals surface area contributed by atoms with Crippen LogP contribution in [0.5, 0.6) is 0 Å². The number of hydrogen-bond donors (Lipinski definition) is 0. The molecule has 0 saturated heterocycles. The van der Waals surface area contributed by atoms with Gasteiger partial charge in [0.05, 0.1) is 6.20 Å². The summed E-state index contributed by atoms with van der Waals surface area (Å²) in [5.41, 5.74) is 0. The minimum absolute atomic E-state index is 0.0887. The number of anilines is 1. The van der Waals surface area contributed by atoms with Crippen LogP contribution in [0.1, 0.15) is 6.92 Å². The molecule has 0 fully saturated rings. The second-order valence-corrected chi connectivity index (χ2v) is 4.66. The molecule has 3 nitrogen and oxygen atoms in total. The van der Waals surface area contributed by atoms with E-state index >= 15 is 0 Å². The van der Waals surface area contributed by atoms with Crippen LogP contribution in [0.3, 0.4) is 0 Å². The van der Waals surface area contributed by atoms with Crippen LogP contribution in [-0.2, 0) is 0 Å². The molecule has 1 aromatic carbocycles. The number of alkyl halides is 1. The van der Waals surface area contributed by atoms with Crippen molar-refractivity contribution < 1.29 is 0 Å². The fraction of sp³-hybridized carbons (Fsp3) is 0.333. The van der Waals surface area contributed by atoms with Gasteiger partial charge in [0.2, 0.25) is 0 Å². The quantitative estimate of drug-likeness (QED) is 0.766. The van der Waals surface area contributed by atoms with Crippen LogP contribution in [0.2, 0.25) is 0 Å². The van der Waals surface area contributed by atoms with Gasteiger partial charge in [-0.3, -0.25) is 0 Å². The molecular weight excluding hydrogens is 222 g/mol. The van der Waals surface area contributed by atoms with Gasteiger partial charge in [-0.05, 0) is 6.92 Å². The lowest BCUT2D eigenvalue weighted by Crippen LogP contribution is -2.25. The molecule has 0 spiro atoms. The van der Waals surface area contributed by atoms with E-state index in [-0.39, 0.29) is 5.38 Å². The Morgan fingerprint density at radius 2 is 2.12 bits per heavy atom. The number of nitrogens with zero attached hydrogens (tertiary/aromatic N) is 3. The first kappa shape index (κ1) is 11.1. The van der Waals surface area contributed by atoms with Gasteiger partial charge in [0.25, 0.3) is 0 Å². The molecule has 16 heavy (non-hydrogen) atoms. The fourth-order valence-electron chi connectivity index (χ4n) is 1.76. The van der Waals surface area contributed by atoms with Crippen LogP contribution in [-0.4, -0.2) is 29.2 Å². The largest absolute Gasteiger partial charge is 0.356 e. The lowest BCUT2D eigenvalue weighted by molar-refractivity contribution is 0.833. The van der Waals surface area contributed by atoms with Crippen LogP contribution in [0.25, 0.3) is 10.8 Å². The number of hydrogen-bond acceptors (Lipinski definition) is 3. The molecule has 84 valence electrons. The molecule has 1 heterocycles. The van der Waals surface area contributed by atoms with E-state index in [1.165, 1.54) is 0 Å². The number of benzene rings is 1. The van der Waals surface area contributed by atoms with E-state index < -0.39 is 0 Å². The Morgan fingerprint density at radius 3 is 2.88 bits per heavy atom. The van der Waals surface area contributed by atoms with Gasteiger partial charge in [0.15, 0.2) is 5.82 Å². The van der Waals surface area contributed by atoms with E-state index in [4.69, 9.17) is 11.6 Å². The lowest BCUT2D eigenvalue weighted by atomic mass is 10.2. The summed E-state index contributed by atoms with van der Waals surface area (Å²) >= 11 is 5.98. The van der Waals surface area contributed by atoms with Crippen molar-refractivity contribution in [1.29, 1.82) is 0 Å². The number of aromatic nitrogens is 2. The molecule has 0 bridgehead atoms. The minimum Gasteiger partial charge on any atom is -0.356 e. The third-order valence-corrected chi connectivity index (χ3v) is 2.58. The van der Waals surface area contributed by atoms with Gasteiger partial charge >= 0.3 is 0 Å². The highest BCUT2D eigenvalue weighted by molar-refractivity contribution is 6.20.